The summed E-state index contributed by atoms with van der Waals surface area (Å²) in [7, 11) is 1.50. The number of carbonyl (C=O) groups is 3. The Labute approximate surface area is 243 Å². The molecule has 1 N–H and O–H groups in total. The second kappa shape index (κ2) is 12.9. The topological polar surface area (TPSA) is 94.2 Å². The van der Waals surface area contributed by atoms with E-state index >= 15 is 0 Å². The average molecular weight is 658 g/mol. The van der Waals surface area contributed by atoms with Crippen LogP contribution in [-0.4, -0.2) is 31.6 Å². The fraction of sp³-hybridized carbons (Fsp3) is 0.207. The highest BCUT2D eigenvalue weighted by molar-refractivity contribution is 9.10. The van der Waals surface area contributed by atoms with Crippen molar-refractivity contribution in [2.75, 3.05) is 18.6 Å². The van der Waals surface area contributed by atoms with Gasteiger partial charge in [0.15, 0.2) is 11.5 Å². The van der Waals surface area contributed by atoms with Crippen LogP contribution in [0.4, 0.5) is 10.5 Å². The molecule has 1 heterocycles. The molecule has 0 aliphatic carbocycles. The summed E-state index contributed by atoms with van der Waals surface area (Å²) >= 11 is 7.01. The Hall–Kier alpha value is -3.63. The van der Waals surface area contributed by atoms with E-state index in [9.17, 15) is 14.4 Å². The van der Waals surface area contributed by atoms with Crippen molar-refractivity contribution in [3.8, 4) is 17.2 Å². The molecule has 1 fully saturated rings. The number of methoxy groups -OCH3 is 1. The van der Waals surface area contributed by atoms with E-state index in [1.807, 2.05) is 24.3 Å². The molecule has 0 aromatic heterocycles. The standard InChI is InChI=1S/C29H26Br2N2O6/c1-3-4-13-38-21-11-9-20(10-12-21)33-28(35)22(27(34)32-29(33)36)14-18-15-24(31)26(25(16-18)37-2)39-17-19-7-5-6-8-23(19)30/h5-12,14-16H,3-4,13,17H2,1-2H3,(H,32,34,36)/b22-14-. The first-order chi connectivity index (χ1) is 18.8. The summed E-state index contributed by atoms with van der Waals surface area (Å²) in [5, 5.41) is 2.24. The number of rotatable bonds is 10. The van der Waals surface area contributed by atoms with Crippen LogP contribution in [0.5, 0.6) is 17.2 Å². The summed E-state index contributed by atoms with van der Waals surface area (Å²) in [4.78, 5) is 39.5. The summed E-state index contributed by atoms with van der Waals surface area (Å²) in [5.41, 5.74) is 1.56. The molecule has 3 aromatic rings. The van der Waals surface area contributed by atoms with Crippen molar-refractivity contribution in [3.05, 3.63) is 86.3 Å². The van der Waals surface area contributed by atoms with Crippen LogP contribution < -0.4 is 24.4 Å². The average Bonchev–Trinajstić information content (AvgIpc) is 2.92. The van der Waals surface area contributed by atoms with Crippen LogP contribution in [0.2, 0.25) is 0 Å². The predicted molar refractivity (Wildman–Crippen MR) is 155 cm³/mol. The van der Waals surface area contributed by atoms with Crippen molar-refractivity contribution in [1.29, 1.82) is 0 Å². The Bertz CT molecular complexity index is 1420. The molecule has 1 saturated heterocycles. The first kappa shape index (κ1) is 28.4. The zero-order valence-corrected chi connectivity index (χ0v) is 24.5. The van der Waals surface area contributed by atoms with E-state index in [4.69, 9.17) is 14.2 Å². The number of halogens is 2. The molecule has 1 aliphatic rings. The van der Waals surface area contributed by atoms with Gasteiger partial charge in [-0.2, -0.15) is 0 Å². The maximum Gasteiger partial charge on any atom is 0.335 e. The van der Waals surface area contributed by atoms with Crippen LogP contribution in [0.3, 0.4) is 0 Å². The Morgan fingerprint density at radius 3 is 2.38 bits per heavy atom. The van der Waals surface area contributed by atoms with Crippen LogP contribution in [0.1, 0.15) is 30.9 Å². The van der Waals surface area contributed by atoms with E-state index in [1.165, 1.54) is 13.2 Å². The van der Waals surface area contributed by atoms with Crippen molar-refractivity contribution in [2.45, 2.75) is 26.4 Å². The lowest BCUT2D eigenvalue weighted by Gasteiger charge is -2.26. The molecule has 3 aromatic carbocycles. The summed E-state index contributed by atoms with van der Waals surface area (Å²) in [6, 6.07) is 16.8. The molecule has 202 valence electrons. The molecule has 4 amide bonds. The van der Waals surface area contributed by atoms with Gasteiger partial charge >= 0.3 is 6.03 Å². The first-order valence-electron chi connectivity index (χ1n) is 12.2. The van der Waals surface area contributed by atoms with E-state index in [-0.39, 0.29) is 12.2 Å². The first-order valence-corrected chi connectivity index (χ1v) is 13.8. The number of urea groups is 1. The largest absolute Gasteiger partial charge is 0.494 e. The van der Waals surface area contributed by atoms with Crippen LogP contribution >= 0.6 is 31.9 Å². The number of barbiturate groups is 1. The third-order valence-corrected chi connectivity index (χ3v) is 7.22. The Kier molecular flexibility index (Phi) is 9.42. The summed E-state index contributed by atoms with van der Waals surface area (Å²) in [6.07, 6.45) is 3.33. The van der Waals surface area contributed by atoms with Crippen LogP contribution in [0, 0.1) is 0 Å². The maximum absolute atomic E-state index is 13.3. The van der Waals surface area contributed by atoms with Gasteiger partial charge in [-0.05, 0) is 76.5 Å². The molecule has 8 nitrogen and oxygen atoms in total. The van der Waals surface area contributed by atoms with E-state index in [1.54, 1.807) is 36.4 Å². The number of hydrogen-bond acceptors (Lipinski definition) is 6. The number of imide groups is 2. The normalized spacial score (nSPS) is 14.4. The third-order valence-electron chi connectivity index (χ3n) is 5.86. The van der Waals surface area contributed by atoms with Gasteiger partial charge in [-0.1, -0.05) is 47.5 Å². The molecule has 0 saturated carbocycles. The van der Waals surface area contributed by atoms with Crippen LogP contribution in [0.15, 0.2) is 75.2 Å². The van der Waals surface area contributed by atoms with Gasteiger partial charge in [0.1, 0.15) is 17.9 Å². The second-order valence-corrected chi connectivity index (χ2v) is 10.3. The van der Waals surface area contributed by atoms with Gasteiger partial charge in [0.05, 0.1) is 23.9 Å². The van der Waals surface area contributed by atoms with Gasteiger partial charge in [0.2, 0.25) is 0 Å². The third kappa shape index (κ3) is 6.69. The smallest absolute Gasteiger partial charge is 0.335 e. The molecule has 1 aliphatic heterocycles. The molecule has 4 rings (SSSR count). The molecule has 0 atom stereocenters. The number of hydrogen-bond donors (Lipinski definition) is 1. The number of nitrogens with zero attached hydrogens (tertiary/aromatic N) is 1. The van der Waals surface area contributed by atoms with Crippen LogP contribution in [0.25, 0.3) is 6.08 Å². The van der Waals surface area contributed by atoms with E-state index in [0.29, 0.717) is 39.6 Å². The Morgan fingerprint density at radius 1 is 0.949 bits per heavy atom. The predicted octanol–water partition coefficient (Wildman–Crippen LogP) is 6.64. The molecule has 0 radical (unpaired) electrons. The van der Waals surface area contributed by atoms with E-state index < -0.39 is 17.8 Å². The lowest BCUT2D eigenvalue weighted by atomic mass is 10.1. The van der Waals surface area contributed by atoms with Crippen molar-refractivity contribution in [1.82, 2.24) is 5.32 Å². The molecular weight excluding hydrogens is 632 g/mol. The highest BCUT2D eigenvalue weighted by Crippen LogP contribution is 2.38. The summed E-state index contributed by atoms with van der Waals surface area (Å²) in [6.45, 7) is 2.94. The van der Waals surface area contributed by atoms with Crippen molar-refractivity contribution in [2.24, 2.45) is 0 Å². The number of ether oxygens (including phenoxy) is 3. The summed E-state index contributed by atoms with van der Waals surface area (Å²) < 4.78 is 18.7. The van der Waals surface area contributed by atoms with Gasteiger partial charge in [-0.15, -0.1) is 0 Å². The minimum atomic E-state index is -0.823. The van der Waals surface area contributed by atoms with Gasteiger partial charge in [0.25, 0.3) is 11.8 Å². The van der Waals surface area contributed by atoms with Gasteiger partial charge in [-0.25, -0.2) is 9.69 Å². The van der Waals surface area contributed by atoms with Gasteiger partial charge in [0, 0.05) is 10.0 Å². The number of nitrogens with one attached hydrogen (secondary N) is 1. The number of unbranched alkanes of at least 4 members (excludes halogenated alkanes) is 1. The molecule has 0 unspecified atom stereocenters. The van der Waals surface area contributed by atoms with Crippen LogP contribution in [-0.2, 0) is 16.2 Å². The fourth-order valence-electron chi connectivity index (χ4n) is 3.81. The minimum Gasteiger partial charge on any atom is -0.494 e. The molecule has 0 bridgehead atoms. The SMILES string of the molecule is CCCCOc1ccc(N2C(=O)NC(=O)/C(=C/c3cc(Br)c(OCc4ccccc4Br)c(OC)c3)C2=O)cc1. The zero-order chi connectivity index (χ0) is 27.9. The number of anilines is 1. The van der Waals surface area contributed by atoms with E-state index in [2.05, 4.69) is 44.1 Å². The zero-order valence-electron chi connectivity index (χ0n) is 21.3. The fourth-order valence-corrected chi connectivity index (χ4v) is 4.79. The molecular formula is C29H26Br2N2O6. The maximum atomic E-state index is 13.3. The van der Waals surface area contributed by atoms with Crippen molar-refractivity contribution < 1.29 is 28.6 Å². The van der Waals surface area contributed by atoms with Gasteiger partial charge in [-0.3, -0.25) is 14.9 Å². The van der Waals surface area contributed by atoms with Gasteiger partial charge < -0.3 is 14.2 Å². The monoisotopic (exact) mass is 656 g/mol. The lowest BCUT2D eigenvalue weighted by Crippen LogP contribution is -2.54. The quantitative estimate of drug-likeness (QED) is 0.149. The van der Waals surface area contributed by atoms with Crippen molar-refractivity contribution >= 4 is 61.5 Å². The Balaban J connectivity index is 1.58. The minimum absolute atomic E-state index is 0.200. The lowest BCUT2D eigenvalue weighted by molar-refractivity contribution is -0.122. The number of carbonyl (C=O) groups excluding carboxylic acids is 3. The molecule has 10 heteroatoms. The highest BCUT2D eigenvalue weighted by Gasteiger charge is 2.37. The molecule has 39 heavy (non-hydrogen) atoms. The molecule has 0 spiro atoms. The van der Waals surface area contributed by atoms with E-state index in [0.717, 1.165) is 27.8 Å². The van der Waals surface area contributed by atoms with Crippen molar-refractivity contribution in [3.63, 3.8) is 0 Å². The number of amides is 4. The highest BCUT2D eigenvalue weighted by atomic mass is 79.9. The number of benzene rings is 3. The second-order valence-electron chi connectivity index (χ2n) is 8.57. The Morgan fingerprint density at radius 2 is 1.69 bits per heavy atom. The summed E-state index contributed by atoms with van der Waals surface area (Å²) in [5.74, 6) is -0.0351.